The summed E-state index contributed by atoms with van der Waals surface area (Å²) in [5.41, 5.74) is 3.87. The number of aliphatic hydroxyl groups is 1. The average molecular weight is 703 g/mol. The predicted octanol–water partition coefficient (Wildman–Crippen LogP) is 5.00. The Morgan fingerprint density at radius 1 is 0.961 bits per heavy atom. The fourth-order valence-corrected chi connectivity index (χ4v) is 11.5. The summed E-state index contributed by atoms with van der Waals surface area (Å²) in [5.74, 6) is -0.823. The molecule has 11 heteroatoms. The molecule has 8 rings (SSSR count). The lowest BCUT2D eigenvalue weighted by Gasteiger charge is -2.37. The molecule has 2 amide bonds. The molecule has 0 unspecified atom stereocenters. The van der Waals surface area contributed by atoms with Crippen molar-refractivity contribution < 1.29 is 24.2 Å². The van der Waals surface area contributed by atoms with Crippen molar-refractivity contribution in [3.8, 4) is 5.69 Å². The van der Waals surface area contributed by atoms with Crippen molar-refractivity contribution in [3.05, 3.63) is 130 Å². The molecule has 0 bridgehead atoms. The van der Waals surface area contributed by atoms with E-state index < -0.39 is 31.5 Å². The molecular formula is C40H42N4O6Si. The number of H-pyrrole nitrogens is 1. The second-order valence-corrected chi connectivity index (χ2v) is 18.7. The monoisotopic (exact) mass is 702 g/mol. The number of rotatable bonds is 7. The summed E-state index contributed by atoms with van der Waals surface area (Å²) < 4.78 is 8.45. The number of aliphatic hydroxyl groups excluding tert-OH is 1. The summed E-state index contributed by atoms with van der Waals surface area (Å²) in [6.07, 6.45) is -0.154. The lowest BCUT2D eigenvalue weighted by molar-refractivity contribution is -0.151. The van der Waals surface area contributed by atoms with Gasteiger partial charge in [0, 0.05) is 23.6 Å². The molecule has 51 heavy (non-hydrogen) atoms. The van der Waals surface area contributed by atoms with Crippen LogP contribution in [-0.2, 0) is 39.4 Å². The Kier molecular flexibility index (Phi) is 8.14. The zero-order chi connectivity index (χ0) is 35.7. The minimum atomic E-state index is -3.01. The Morgan fingerprint density at radius 3 is 2.45 bits per heavy atom. The minimum absolute atomic E-state index is 0.0108. The summed E-state index contributed by atoms with van der Waals surface area (Å²) in [5, 5.41) is 14.1. The summed E-state index contributed by atoms with van der Waals surface area (Å²) in [6, 6.07) is 30.1. The molecule has 0 saturated carbocycles. The van der Waals surface area contributed by atoms with Crippen molar-refractivity contribution in [2.45, 2.75) is 69.2 Å². The van der Waals surface area contributed by atoms with Gasteiger partial charge in [-0.15, -0.1) is 0 Å². The number of nitrogens with one attached hydrogen (secondary N) is 1. The van der Waals surface area contributed by atoms with Crippen LogP contribution in [0.3, 0.4) is 0 Å². The SMILES string of the molecule is C[C@@H]1[C@@H]([Si](C)(C)O)[C@H](CC(=O)N2Cc3ccccc3C[C@H]2CO)O[C@@]12C(=O)N(Cc1cccc(-n3[nH]c4ccccc4c3=O)c1)c1ccccc12. The van der Waals surface area contributed by atoms with E-state index >= 15 is 0 Å². The molecule has 1 saturated heterocycles. The summed E-state index contributed by atoms with van der Waals surface area (Å²) >= 11 is 0. The highest BCUT2D eigenvalue weighted by Gasteiger charge is 2.66. The van der Waals surface area contributed by atoms with Crippen molar-refractivity contribution >= 4 is 36.7 Å². The molecule has 3 aliphatic rings. The van der Waals surface area contributed by atoms with Gasteiger partial charge in [-0.3, -0.25) is 19.5 Å². The number of carbonyl (C=O) groups excluding carboxylic acids is 2. The highest BCUT2D eigenvalue weighted by Crippen LogP contribution is 2.59. The predicted molar refractivity (Wildman–Crippen MR) is 197 cm³/mol. The van der Waals surface area contributed by atoms with Gasteiger partial charge < -0.3 is 24.4 Å². The number of aromatic amines is 1. The van der Waals surface area contributed by atoms with Gasteiger partial charge in [-0.2, -0.15) is 0 Å². The third kappa shape index (κ3) is 5.38. The highest BCUT2D eigenvalue weighted by molar-refractivity contribution is 6.71. The summed E-state index contributed by atoms with van der Waals surface area (Å²) in [4.78, 5) is 57.4. The summed E-state index contributed by atoms with van der Waals surface area (Å²) in [7, 11) is -3.01. The molecule has 262 valence electrons. The highest BCUT2D eigenvalue weighted by atomic mass is 28.4. The zero-order valence-electron chi connectivity index (χ0n) is 29.0. The molecule has 4 aromatic carbocycles. The Balaban J connectivity index is 1.11. The van der Waals surface area contributed by atoms with Crippen LogP contribution in [0, 0.1) is 5.92 Å². The van der Waals surface area contributed by atoms with Crippen LogP contribution in [0.25, 0.3) is 16.6 Å². The molecule has 3 N–H and O–H groups in total. The molecule has 1 aromatic heterocycles. The molecule has 3 aliphatic heterocycles. The van der Waals surface area contributed by atoms with E-state index in [1.54, 1.807) is 15.9 Å². The largest absolute Gasteiger partial charge is 0.432 e. The van der Waals surface area contributed by atoms with Gasteiger partial charge in [-0.05, 0) is 66.5 Å². The first kappa shape index (κ1) is 33.3. The van der Waals surface area contributed by atoms with Crippen molar-refractivity contribution in [1.82, 2.24) is 14.7 Å². The van der Waals surface area contributed by atoms with Crippen LogP contribution in [0.4, 0.5) is 5.69 Å². The maximum atomic E-state index is 14.9. The van der Waals surface area contributed by atoms with E-state index in [0.29, 0.717) is 24.0 Å². The lowest BCUT2D eigenvalue weighted by Crippen LogP contribution is -2.48. The van der Waals surface area contributed by atoms with E-state index in [4.69, 9.17) is 4.74 Å². The van der Waals surface area contributed by atoms with Crippen LogP contribution in [-0.4, -0.2) is 63.5 Å². The van der Waals surface area contributed by atoms with Crippen molar-refractivity contribution in [2.75, 3.05) is 11.5 Å². The maximum Gasteiger partial charge on any atom is 0.279 e. The molecular weight excluding hydrogens is 661 g/mol. The van der Waals surface area contributed by atoms with E-state index in [2.05, 4.69) is 5.10 Å². The number of amides is 2. The molecule has 1 spiro atoms. The molecule has 0 radical (unpaired) electrons. The van der Waals surface area contributed by atoms with Crippen LogP contribution in [0.2, 0.25) is 18.6 Å². The third-order valence-corrected chi connectivity index (χ3v) is 13.8. The normalized spacial score (nSPS) is 24.4. The van der Waals surface area contributed by atoms with Crippen LogP contribution in [0.5, 0.6) is 0 Å². The number of ether oxygens (including phenoxy) is 1. The van der Waals surface area contributed by atoms with Gasteiger partial charge in [0.25, 0.3) is 11.5 Å². The van der Waals surface area contributed by atoms with Crippen LogP contribution >= 0.6 is 0 Å². The molecule has 0 aliphatic carbocycles. The Hall–Kier alpha value is -4.81. The Bertz CT molecular complexity index is 2220. The molecule has 1 fully saturated rings. The van der Waals surface area contributed by atoms with Gasteiger partial charge in [0.2, 0.25) is 5.91 Å². The topological polar surface area (TPSA) is 128 Å². The van der Waals surface area contributed by atoms with Crippen molar-refractivity contribution in [3.63, 3.8) is 0 Å². The number of fused-ring (bicyclic) bond motifs is 4. The molecule has 5 atom stereocenters. The Morgan fingerprint density at radius 2 is 1.69 bits per heavy atom. The molecule has 10 nitrogen and oxygen atoms in total. The first-order chi connectivity index (χ1) is 24.5. The zero-order valence-corrected chi connectivity index (χ0v) is 30.0. The van der Waals surface area contributed by atoms with E-state index in [0.717, 1.165) is 33.5 Å². The van der Waals surface area contributed by atoms with Crippen LogP contribution in [0.15, 0.2) is 102 Å². The quantitative estimate of drug-likeness (QED) is 0.205. The number of carbonyl (C=O) groups is 2. The summed E-state index contributed by atoms with van der Waals surface area (Å²) in [6.45, 7) is 6.12. The van der Waals surface area contributed by atoms with Gasteiger partial charge in [0.1, 0.15) is 0 Å². The number of anilines is 1. The smallest absolute Gasteiger partial charge is 0.279 e. The lowest BCUT2D eigenvalue weighted by atomic mass is 9.82. The van der Waals surface area contributed by atoms with E-state index in [9.17, 15) is 24.3 Å². The first-order valence-corrected chi connectivity index (χ1v) is 20.6. The minimum Gasteiger partial charge on any atom is -0.432 e. The first-order valence-electron chi connectivity index (χ1n) is 17.6. The number of hydrogen-bond acceptors (Lipinski definition) is 6. The van der Waals surface area contributed by atoms with E-state index in [1.165, 1.54) is 4.68 Å². The van der Waals surface area contributed by atoms with E-state index in [-0.39, 0.29) is 43.0 Å². The number of benzene rings is 4. The maximum absolute atomic E-state index is 14.9. The fourth-order valence-electron chi connectivity index (χ4n) is 8.94. The van der Waals surface area contributed by atoms with Gasteiger partial charge in [0.05, 0.1) is 54.0 Å². The van der Waals surface area contributed by atoms with Crippen molar-refractivity contribution in [2.24, 2.45) is 5.92 Å². The standard InChI is InChI=1S/C40H42N4O6Si/c1-25-37(51(2,3)49)35(21-36(46)42-23-28-13-5-4-12-27(28)20-30(42)24-45)50-40(25)32-16-7-9-18-34(32)43(39(40)48)22-26-11-10-14-29(19-26)44-38(47)31-15-6-8-17-33(31)41-44/h4-19,25,30,35,37,41,45,49H,20-24H2,1-3H3/t25-,30+,35+,37-,40+/m1/s1. The van der Waals surface area contributed by atoms with Gasteiger partial charge in [-0.25, -0.2) is 4.68 Å². The number of aromatic nitrogens is 2. The van der Waals surface area contributed by atoms with E-state index in [1.807, 2.05) is 111 Å². The molecule has 5 aromatic rings. The third-order valence-electron chi connectivity index (χ3n) is 11.3. The average Bonchev–Trinajstić information content (AvgIpc) is 3.71. The van der Waals surface area contributed by atoms with Gasteiger partial charge in [0.15, 0.2) is 13.9 Å². The van der Waals surface area contributed by atoms with Crippen molar-refractivity contribution in [1.29, 1.82) is 0 Å². The number of hydrogen-bond donors (Lipinski definition) is 3. The van der Waals surface area contributed by atoms with Crippen LogP contribution < -0.4 is 10.5 Å². The van der Waals surface area contributed by atoms with Gasteiger partial charge in [-0.1, -0.05) is 73.7 Å². The Labute approximate surface area is 297 Å². The van der Waals surface area contributed by atoms with Crippen LogP contribution in [0.1, 0.15) is 35.6 Å². The number of para-hydroxylation sites is 2. The second-order valence-electron chi connectivity index (χ2n) is 14.8. The fraction of sp³-hybridized carbons (Fsp3) is 0.325. The second kappa shape index (κ2) is 12.4. The molecule has 4 heterocycles. The van der Waals surface area contributed by atoms with Gasteiger partial charge >= 0.3 is 0 Å². The number of nitrogens with zero attached hydrogens (tertiary/aromatic N) is 3.